The van der Waals surface area contributed by atoms with E-state index < -0.39 is 0 Å². The largest absolute Gasteiger partial charge is 0.481 e. The van der Waals surface area contributed by atoms with Gasteiger partial charge in [0.1, 0.15) is 11.9 Å². The van der Waals surface area contributed by atoms with Gasteiger partial charge >= 0.3 is 6.09 Å². The molecule has 2 fully saturated rings. The maximum Gasteiger partial charge on any atom is 0.409 e. The summed E-state index contributed by atoms with van der Waals surface area (Å²) < 4.78 is 23.7. The minimum Gasteiger partial charge on any atom is -0.481 e. The van der Waals surface area contributed by atoms with Gasteiger partial charge in [0.25, 0.3) is 0 Å². The van der Waals surface area contributed by atoms with Crippen LogP contribution in [-0.4, -0.2) is 83.4 Å². The van der Waals surface area contributed by atoms with Crippen molar-refractivity contribution in [1.82, 2.24) is 24.5 Å². The number of fused-ring (bicyclic) bond motifs is 2. The third kappa shape index (κ3) is 4.29. The summed E-state index contributed by atoms with van der Waals surface area (Å²) in [5.74, 6) is 1.31. The topological polar surface area (TPSA) is 112 Å². The zero-order chi connectivity index (χ0) is 22.8. The number of carbonyl (C=O) groups excluding carboxylic acids is 1. The SMILES string of the molecule is COc1ncccc1-c1cnn2ccc(NCCN(C)C(=O)O[C@H]3CO[C@H]4OCC[C@H]43)nc12. The molecule has 0 radical (unpaired) electrons. The van der Waals surface area contributed by atoms with Crippen LogP contribution in [0.3, 0.4) is 0 Å². The van der Waals surface area contributed by atoms with Crippen molar-refractivity contribution in [2.24, 2.45) is 5.92 Å². The van der Waals surface area contributed by atoms with E-state index in [-0.39, 0.29) is 24.4 Å². The van der Waals surface area contributed by atoms with Gasteiger partial charge < -0.3 is 29.2 Å². The second kappa shape index (κ2) is 9.20. The Labute approximate surface area is 190 Å². The highest BCUT2D eigenvalue weighted by molar-refractivity contribution is 5.80. The van der Waals surface area contributed by atoms with Gasteiger partial charge in [-0.15, -0.1) is 0 Å². The van der Waals surface area contributed by atoms with Gasteiger partial charge in [-0.2, -0.15) is 5.10 Å². The molecule has 0 spiro atoms. The van der Waals surface area contributed by atoms with Gasteiger partial charge in [0, 0.05) is 38.1 Å². The molecule has 5 heterocycles. The highest BCUT2D eigenvalue weighted by atomic mass is 16.7. The van der Waals surface area contributed by atoms with Crippen molar-refractivity contribution >= 4 is 17.6 Å². The third-order valence-corrected chi connectivity index (χ3v) is 5.93. The molecule has 0 unspecified atom stereocenters. The molecule has 3 atom stereocenters. The van der Waals surface area contributed by atoms with Crippen LogP contribution >= 0.6 is 0 Å². The van der Waals surface area contributed by atoms with Gasteiger partial charge in [0.15, 0.2) is 11.9 Å². The van der Waals surface area contributed by atoms with Crippen molar-refractivity contribution < 1.29 is 23.7 Å². The summed E-state index contributed by atoms with van der Waals surface area (Å²) in [6.45, 7) is 1.98. The molecular weight excluding hydrogens is 428 g/mol. The molecule has 11 nitrogen and oxygen atoms in total. The van der Waals surface area contributed by atoms with Crippen molar-refractivity contribution in [1.29, 1.82) is 0 Å². The van der Waals surface area contributed by atoms with Crippen LogP contribution in [-0.2, 0) is 14.2 Å². The van der Waals surface area contributed by atoms with Crippen LogP contribution in [0.1, 0.15) is 6.42 Å². The lowest BCUT2D eigenvalue weighted by Gasteiger charge is -2.22. The van der Waals surface area contributed by atoms with E-state index in [0.717, 1.165) is 17.5 Å². The standard InChI is InChI=1S/C22H26N6O5/c1-27(22(29)33-17-13-32-21-15(17)6-11-31-21)10-8-23-18-5-9-28-19(26-18)16(12-25-28)14-4-3-7-24-20(14)30-2/h3-5,7,9,12,15,17,21H,6,8,10-11,13H2,1-2H3,(H,23,26)/t15-,17-,21+/m0/s1. The minimum atomic E-state index is -0.372. The van der Waals surface area contributed by atoms with Crippen molar-refractivity contribution in [3.8, 4) is 17.0 Å². The molecule has 2 aliphatic heterocycles. The maximum atomic E-state index is 12.5. The van der Waals surface area contributed by atoms with Crippen LogP contribution in [0.2, 0.25) is 0 Å². The normalized spacial score (nSPS) is 21.7. The zero-order valence-electron chi connectivity index (χ0n) is 18.5. The summed E-state index contributed by atoms with van der Waals surface area (Å²) >= 11 is 0. The van der Waals surface area contributed by atoms with Crippen LogP contribution in [0.4, 0.5) is 10.6 Å². The molecule has 2 aliphatic rings. The van der Waals surface area contributed by atoms with Gasteiger partial charge in [-0.25, -0.2) is 19.3 Å². The first kappa shape index (κ1) is 21.4. The predicted molar refractivity (Wildman–Crippen MR) is 118 cm³/mol. The lowest BCUT2D eigenvalue weighted by atomic mass is 10.0. The molecule has 2 saturated heterocycles. The number of carbonyl (C=O) groups is 1. The summed E-state index contributed by atoms with van der Waals surface area (Å²) in [6.07, 6.45) is 5.23. The van der Waals surface area contributed by atoms with E-state index in [1.54, 1.807) is 36.0 Å². The molecule has 0 bridgehead atoms. The van der Waals surface area contributed by atoms with Crippen molar-refractivity contribution in [2.75, 3.05) is 45.8 Å². The number of hydrogen-bond donors (Lipinski definition) is 1. The van der Waals surface area contributed by atoms with Gasteiger partial charge in [0.05, 0.1) is 38.0 Å². The first-order valence-corrected chi connectivity index (χ1v) is 10.9. The molecule has 3 aromatic heterocycles. The van der Waals surface area contributed by atoms with Crippen molar-refractivity contribution in [3.05, 3.63) is 36.8 Å². The quantitative estimate of drug-likeness (QED) is 0.573. The number of ether oxygens (including phenoxy) is 4. The Bertz CT molecular complexity index is 1140. The summed E-state index contributed by atoms with van der Waals surface area (Å²) in [5, 5.41) is 7.63. The fraction of sp³-hybridized carbons (Fsp3) is 0.455. The predicted octanol–water partition coefficient (Wildman–Crippen LogP) is 2.04. The molecular formula is C22H26N6O5. The van der Waals surface area contributed by atoms with Gasteiger partial charge in [0.2, 0.25) is 5.88 Å². The Kier molecular flexibility index (Phi) is 5.97. The second-order valence-corrected chi connectivity index (χ2v) is 8.00. The lowest BCUT2D eigenvalue weighted by molar-refractivity contribution is -0.0907. The number of likely N-dealkylation sites (N-methyl/N-ethyl adjacent to an activating group) is 1. The first-order chi connectivity index (χ1) is 16.1. The van der Waals surface area contributed by atoms with E-state index >= 15 is 0 Å². The smallest absolute Gasteiger partial charge is 0.409 e. The van der Waals surface area contributed by atoms with Crippen LogP contribution in [0.25, 0.3) is 16.8 Å². The Balaban J connectivity index is 1.20. The number of hydrogen-bond acceptors (Lipinski definition) is 9. The molecule has 3 aromatic rings. The molecule has 0 aliphatic carbocycles. The highest BCUT2D eigenvalue weighted by Gasteiger charge is 2.44. The van der Waals surface area contributed by atoms with Crippen molar-refractivity contribution in [3.63, 3.8) is 0 Å². The van der Waals surface area contributed by atoms with E-state index in [1.807, 2.05) is 24.4 Å². The molecule has 11 heteroatoms. The van der Waals surface area contributed by atoms with E-state index in [2.05, 4.69) is 20.4 Å². The zero-order valence-corrected chi connectivity index (χ0v) is 18.5. The Morgan fingerprint density at radius 2 is 2.24 bits per heavy atom. The number of nitrogens with one attached hydrogen (secondary N) is 1. The average Bonchev–Trinajstić information content (AvgIpc) is 3.56. The fourth-order valence-corrected chi connectivity index (χ4v) is 4.13. The number of methoxy groups -OCH3 is 1. The Morgan fingerprint density at radius 1 is 1.33 bits per heavy atom. The summed E-state index contributed by atoms with van der Waals surface area (Å²) in [6, 6.07) is 5.59. The van der Waals surface area contributed by atoms with Gasteiger partial charge in [-0.3, -0.25) is 0 Å². The van der Waals surface area contributed by atoms with E-state index in [4.69, 9.17) is 18.9 Å². The summed E-state index contributed by atoms with van der Waals surface area (Å²) in [4.78, 5) is 23.0. The molecule has 5 rings (SSSR count). The minimum absolute atomic E-state index is 0.125. The monoisotopic (exact) mass is 454 g/mol. The maximum absolute atomic E-state index is 12.5. The highest BCUT2D eigenvalue weighted by Crippen LogP contribution is 2.33. The number of amides is 1. The van der Waals surface area contributed by atoms with E-state index in [9.17, 15) is 4.79 Å². The molecule has 1 N–H and O–H groups in total. The van der Waals surface area contributed by atoms with Crippen LogP contribution in [0.15, 0.2) is 36.8 Å². The number of pyridine rings is 1. The molecule has 0 aromatic carbocycles. The Hall–Kier alpha value is -3.44. The van der Waals surface area contributed by atoms with Crippen LogP contribution < -0.4 is 10.1 Å². The molecule has 174 valence electrons. The first-order valence-electron chi connectivity index (χ1n) is 10.9. The molecule has 0 saturated carbocycles. The summed E-state index contributed by atoms with van der Waals surface area (Å²) in [7, 11) is 3.29. The van der Waals surface area contributed by atoms with Gasteiger partial charge in [-0.05, 0) is 24.6 Å². The molecule has 1 amide bonds. The Morgan fingerprint density at radius 3 is 3.12 bits per heavy atom. The average molecular weight is 454 g/mol. The lowest BCUT2D eigenvalue weighted by Crippen LogP contribution is -2.36. The number of anilines is 1. The van der Waals surface area contributed by atoms with Crippen molar-refractivity contribution in [2.45, 2.75) is 18.8 Å². The third-order valence-electron chi connectivity index (χ3n) is 5.93. The number of rotatable bonds is 7. The molecule has 33 heavy (non-hydrogen) atoms. The van der Waals surface area contributed by atoms with Gasteiger partial charge in [-0.1, -0.05) is 0 Å². The number of aromatic nitrogens is 4. The summed E-state index contributed by atoms with van der Waals surface area (Å²) in [5.41, 5.74) is 2.30. The van der Waals surface area contributed by atoms with E-state index in [0.29, 0.717) is 43.6 Å². The van der Waals surface area contributed by atoms with Crippen LogP contribution in [0.5, 0.6) is 5.88 Å². The second-order valence-electron chi connectivity index (χ2n) is 8.00. The number of nitrogens with zero attached hydrogens (tertiary/aromatic N) is 5. The fourth-order valence-electron chi connectivity index (χ4n) is 4.13. The van der Waals surface area contributed by atoms with Crippen LogP contribution in [0, 0.1) is 5.92 Å². The van der Waals surface area contributed by atoms with E-state index in [1.165, 1.54) is 0 Å².